The number of aromatic nitrogens is 1. The number of aliphatic imine (C=N–C) groups is 1. The fourth-order valence-corrected chi connectivity index (χ4v) is 3.86. The van der Waals surface area contributed by atoms with E-state index in [1.165, 1.54) is 5.56 Å². The second-order valence-electron chi connectivity index (χ2n) is 8.10. The van der Waals surface area contributed by atoms with E-state index in [1.54, 1.807) is 7.11 Å². The third-order valence-corrected chi connectivity index (χ3v) is 5.75. The van der Waals surface area contributed by atoms with Gasteiger partial charge in [0, 0.05) is 38.9 Å². The normalized spacial score (nSPS) is 19.7. The number of benzene rings is 1. The second-order valence-corrected chi connectivity index (χ2v) is 8.10. The summed E-state index contributed by atoms with van der Waals surface area (Å²) in [6, 6.07) is 12.2. The van der Waals surface area contributed by atoms with Gasteiger partial charge in [-0.05, 0) is 42.3 Å². The quantitative estimate of drug-likeness (QED) is 0.546. The largest absolute Gasteiger partial charge is 0.497 e. The van der Waals surface area contributed by atoms with Gasteiger partial charge in [-0.2, -0.15) is 0 Å². The molecule has 0 radical (unpaired) electrons. The van der Waals surface area contributed by atoms with Crippen LogP contribution in [0.1, 0.15) is 11.1 Å². The average molecular weight is 440 g/mol. The van der Waals surface area contributed by atoms with Crippen LogP contribution in [0, 0.1) is 6.92 Å². The Bertz CT molecular complexity index is 875. The number of nitrogens with one attached hydrogen (secondary N) is 1. The van der Waals surface area contributed by atoms with E-state index in [1.807, 2.05) is 24.4 Å². The maximum Gasteiger partial charge on any atom is 0.194 e. The van der Waals surface area contributed by atoms with Gasteiger partial charge in [0.1, 0.15) is 11.6 Å². The van der Waals surface area contributed by atoms with Crippen LogP contribution in [0.2, 0.25) is 0 Å². The number of piperazine rings is 1. The molecule has 0 aliphatic carbocycles. The smallest absolute Gasteiger partial charge is 0.194 e. The fourth-order valence-electron chi connectivity index (χ4n) is 3.86. The highest BCUT2D eigenvalue weighted by Gasteiger charge is 2.22. The van der Waals surface area contributed by atoms with Crippen molar-refractivity contribution in [3.63, 3.8) is 0 Å². The van der Waals surface area contributed by atoms with Gasteiger partial charge in [0.2, 0.25) is 0 Å². The minimum absolute atomic E-state index is 0.0488. The summed E-state index contributed by atoms with van der Waals surface area (Å²) in [5.41, 5.74) is 2.38. The first-order valence-corrected chi connectivity index (χ1v) is 11.2. The fraction of sp³-hybridized carbons (Fsp3) is 0.500. The number of pyridine rings is 1. The van der Waals surface area contributed by atoms with E-state index in [2.05, 4.69) is 45.2 Å². The molecule has 0 spiro atoms. The molecule has 0 unspecified atom stereocenters. The first-order valence-electron chi connectivity index (χ1n) is 11.2. The molecular weight excluding hydrogens is 406 g/mol. The lowest BCUT2D eigenvalue weighted by atomic mass is 10.2. The highest BCUT2D eigenvalue weighted by atomic mass is 16.6. The SMILES string of the molecule is COc1ccc(CN=C(NC[C@@H]2COCCO2)N2CCN(c3cc(C)ccn3)CC2)cc1. The first-order chi connectivity index (χ1) is 15.7. The van der Waals surface area contributed by atoms with Gasteiger partial charge >= 0.3 is 0 Å². The second kappa shape index (κ2) is 11.2. The zero-order chi connectivity index (χ0) is 22.2. The molecular formula is C24H33N5O3. The van der Waals surface area contributed by atoms with E-state index < -0.39 is 0 Å². The summed E-state index contributed by atoms with van der Waals surface area (Å²) in [5.74, 6) is 2.81. The number of aryl methyl sites for hydroxylation is 1. The standard InChI is InChI=1S/C24H33N5O3/c1-19-7-8-25-23(15-19)28-9-11-29(12-10-28)24(27-17-22-18-31-13-14-32-22)26-16-20-3-5-21(30-2)6-4-20/h3-8,15,22H,9-14,16-18H2,1-2H3,(H,26,27)/t22-/m1/s1. The van der Waals surface area contributed by atoms with Gasteiger partial charge in [-0.3, -0.25) is 0 Å². The molecule has 2 aliphatic rings. The zero-order valence-corrected chi connectivity index (χ0v) is 19.0. The van der Waals surface area contributed by atoms with Crippen molar-refractivity contribution in [2.75, 3.05) is 64.6 Å². The van der Waals surface area contributed by atoms with Crippen LogP contribution in [0.15, 0.2) is 47.6 Å². The van der Waals surface area contributed by atoms with Crippen molar-refractivity contribution in [1.29, 1.82) is 0 Å². The van der Waals surface area contributed by atoms with Crippen LogP contribution in [0.4, 0.5) is 5.82 Å². The summed E-state index contributed by atoms with van der Waals surface area (Å²) in [6.45, 7) is 8.90. The minimum atomic E-state index is 0.0488. The predicted molar refractivity (Wildman–Crippen MR) is 125 cm³/mol. The van der Waals surface area contributed by atoms with Gasteiger partial charge < -0.3 is 29.3 Å². The summed E-state index contributed by atoms with van der Waals surface area (Å²) < 4.78 is 16.6. The number of guanidine groups is 1. The van der Waals surface area contributed by atoms with Crippen LogP contribution in [-0.2, 0) is 16.0 Å². The predicted octanol–water partition coefficient (Wildman–Crippen LogP) is 2.08. The van der Waals surface area contributed by atoms with E-state index in [4.69, 9.17) is 19.2 Å². The van der Waals surface area contributed by atoms with Gasteiger partial charge in [0.25, 0.3) is 0 Å². The molecule has 172 valence electrons. The number of nitrogens with zero attached hydrogens (tertiary/aromatic N) is 4. The Morgan fingerprint density at radius 3 is 2.66 bits per heavy atom. The molecule has 4 rings (SSSR count). The molecule has 32 heavy (non-hydrogen) atoms. The van der Waals surface area contributed by atoms with Gasteiger partial charge in [0.05, 0.1) is 39.6 Å². The van der Waals surface area contributed by atoms with E-state index in [0.717, 1.165) is 49.3 Å². The van der Waals surface area contributed by atoms with Crippen LogP contribution in [0.3, 0.4) is 0 Å². The zero-order valence-electron chi connectivity index (χ0n) is 19.0. The van der Waals surface area contributed by atoms with Crippen molar-refractivity contribution in [2.45, 2.75) is 19.6 Å². The molecule has 1 atom stereocenters. The molecule has 0 bridgehead atoms. The lowest BCUT2D eigenvalue weighted by molar-refractivity contribution is -0.0851. The third kappa shape index (κ3) is 6.11. The van der Waals surface area contributed by atoms with Crippen molar-refractivity contribution in [3.8, 4) is 5.75 Å². The molecule has 0 saturated carbocycles. The van der Waals surface area contributed by atoms with Crippen molar-refractivity contribution in [3.05, 3.63) is 53.7 Å². The minimum Gasteiger partial charge on any atom is -0.497 e. The van der Waals surface area contributed by atoms with E-state index >= 15 is 0 Å². The summed E-state index contributed by atoms with van der Waals surface area (Å²) >= 11 is 0. The van der Waals surface area contributed by atoms with Crippen molar-refractivity contribution < 1.29 is 14.2 Å². The molecule has 2 aromatic rings. The lowest BCUT2D eigenvalue weighted by Gasteiger charge is -2.37. The summed E-state index contributed by atoms with van der Waals surface area (Å²) in [6.07, 6.45) is 1.93. The summed E-state index contributed by atoms with van der Waals surface area (Å²) in [5, 5.41) is 3.53. The Balaban J connectivity index is 1.40. The number of anilines is 1. The average Bonchev–Trinajstić information content (AvgIpc) is 2.85. The van der Waals surface area contributed by atoms with Crippen molar-refractivity contribution in [2.24, 2.45) is 4.99 Å². The van der Waals surface area contributed by atoms with Crippen molar-refractivity contribution in [1.82, 2.24) is 15.2 Å². The number of methoxy groups -OCH3 is 1. The molecule has 8 heteroatoms. The van der Waals surface area contributed by atoms with Crippen LogP contribution in [0.5, 0.6) is 5.75 Å². The van der Waals surface area contributed by atoms with Crippen LogP contribution in [-0.4, -0.2) is 81.6 Å². The third-order valence-electron chi connectivity index (χ3n) is 5.75. The molecule has 1 aromatic heterocycles. The van der Waals surface area contributed by atoms with Crippen LogP contribution >= 0.6 is 0 Å². The maximum atomic E-state index is 5.80. The van der Waals surface area contributed by atoms with E-state index in [9.17, 15) is 0 Å². The number of rotatable bonds is 6. The van der Waals surface area contributed by atoms with E-state index in [-0.39, 0.29) is 6.10 Å². The molecule has 8 nitrogen and oxygen atoms in total. The van der Waals surface area contributed by atoms with E-state index in [0.29, 0.717) is 32.9 Å². The van der Waals surface area contributed by atoms with Gasteiger partial charge in [0.15, 0.2) is 5.96 Å². The van der Waals surface area contributed by atoms with Crippen molar-refractivity contribution >= 4 is 11.8 Å². The number of hydrogen-bond acceptors (Lipinski definition) is 6. The Morgan fingerprint density at radius 1 is 1.16 bits per heavy atom. The molecule has 2 saturated heterocycles. The molecule has 2 aliphatic heterocycles. The molecule has 1 N–H and O–H groups in total. The number of hydrogen-bond donors (Lipinski definition) is 1. The Hall–Kier alpha value is -2.84. The maximum absolute atomic E-state index is 5.80. The van der Waals surface area contributed by atoms with Gasteiger partial charge in [-0.25, -0.2) is 9.98 Å². The molecule has 0 amide bonds. The summed E-state index contributed by atoms with van der Waals surface area (Å²) in [4.78, 5) is 14.1. The van der Waals surface area contributed by atoms with Gasteiger partial charge in [-0.1, -0.05) is 12.1 Å². The molecule has 1 aromatic carbocycles. The topological polar surface area (TPSA) is 71.5 Å². The Kier molecular flexibility index (Phi) is 7.79. The molecule has 2 fully saturated rings. The summed E-state index contributed by atoms with van der Waals surface area (Å²) in [7, 11) is 1.68. The van der Waals surface area contributed by atoms with Crippen LogP contribution in [0.25, 0.3) is 0 Å². The lowest BCUT2D eigenvalue weighted by Crippen LogP contribution is -2.54. The first kappa shape index (κ1) is 22.4. The monoisotopic (exact) mass is 439 g/mol. The molecule has 3 heterocycles. The van der Waals surface area contributed by atoms with Crippen LogP contribution < -0.4 is 15.0 Å². The number of ether oxygens (including phenoxy) is 3. The van der Waals surface area contributed by atoms with Gasteiger partial charge in [-0.15, -0.1) is 0 Å². The Morgan fingerprint density at radius 2 is 1.97 bits per heavy atom. The Labute approximate surface area is 190 Å². The highest BCUT2D eigenvalue weighted by Crippen LogP contribution is 2.16. The highest BCUT2D eigenvalue weighted by molar-refractivity contribution is 5.80.